The maximum absolute atomic E-state index is 13.1. The summed E-state index contributed by atoms with van der Waals surface area (Å²) in [5.41, 5.74) is 2.27. The number of rotatable bonds is 5. The quantitative estimate of drug-likeness (QED) is 0.399. The fourth-order valence-corrected chi connectivity index (χ4v) is 3.29. The van der Waals surface area contributed by atoms with E-state index in [1.165, 1.54) is 12.1 Å². The van der Waals surface area contributed by atoms with Crippen LogP contribution in [-0.4, -0.2) is 25.9 Å². The summed E-state index contributed by atoms with van der Waals surface area (Å²) in [6.07, 6.45) is 1.59. The van der Waals surface area contributed by atoms with Crippen LogP contribution in [0.2, 0.25) is 15.1 Å². The maximum atomic E-state index is 13.1. The number of nitrogens with one attached hydrogen (secondary N) is 2. The number of H-pyrrole nitrogens is 1. The molecule has 4 aromatic rings. The standard InChI is InChI=1S/C20H13Cl3FN5O/c21-14-6-1-11(7-15(14)22)9-29-10-16(23)19(28-29)25-20(30)18-8-17(26-27-18)12-2-4-13(24)5-3-12/h1-8,10H,9H2,(H,26,27)(H,25,28,30). The first kappa shape index (κ1) is 20.4. The van der Waals surface area contributed by atoms with Gasteiger partial charge in [-0.05, 0) is 48.0 Å². The second kappa shape index (κ2) is 8.47. The molecule has 0 spiro atoms. The van der Waals surface area contributed by atoms with E-state index in [0.717, 1.165) is 5.56 Å². The molecule has 0 unspecified atom stereocenters. The summed E-state index contributed by atoms with van der Waals surface area (Å²) >= 11 is 18.2. The van der Waals surface area contributed by atoms with E-state index < -0.39 is 5.91 Å². The molecule has 0 saturated carbocycles. The highest BCUT2D eigenvalue weighted by molar-refractivity contribution is 6.42. The van der Waals surface area contributed by atoms with Crippen LogP contribution in [0.5, 0.6) is 0 Å². The molecule has 0 fully saturated rings. The Morgan fingerprint density at radius 3 is 2.53 bits per heavy atom. The van der Waals surface area contributed by atoms with E-state index in [1.807, 2.05) is 6.07 Å². The minimum Gasteiger partial charge on any atom is -0.302 e. The molecule has 0 atom stereocenters. The number of carbonyl (C=O) groups excluding carboxylic acids is 1. The van der Waals surface area contributed by atoms with Crippen LogP contribution in [0.15, 0.2) is 54.7 Å². The highest BCUT2D eigenvalue weighted by atomic mass is 35.5. The van der Waals surface area contributed by atoms with Crippen LogP contribution in [-0.2, 0) is 6.54 Å². The molecule has 1 amide bonds. The first-order valence-corrected chi connectivity index (χ1v) is 9.82. The summed E-state index contributed by atoms with van der Waals surface area (Å²) in [5, 5.41) is 14.9. The molecule has 0 saturated heterocycles. The molecule has 2 N–H and O–H groups in total. The van der Waals surface area contributed by atoms with Gasteiger partial charge in [-0.3, -0.25) is 14.6 Å². The van der Waals surface area contributed by atoms with Crippen LogP contribution in [0.4, 0.5) is 10.2 Å². The number of aromatic amines is 1. The summed E-state index contributed by atoms with van der Waals surface area (Å²) in [7, 11) is 0. The van der Waals surface area contributed by atoms with E-state index in [4.69, 9.17) is 34.8 Å². The summed E-state index contributed by atoms with van der Waals surface area (Å²) in [6.45, 7) is 0.394. The largest absolute Gasteiger partial charge is 0.302 e. The average molecular weight is 465 g/mol. The third kappa shape index (κ3) is 4.48. The van der Waals surface area contributed by atoms with Gasteiger partial charge in [0.15, 0.2) is 5.82 Å². The van der Waals surface area contributed by atoms with E-state index in [-0.39, 0.29) is 22.4 Å². The molecule has 10 heteroatoms. The Hall–Kier alpha value is -2.87. The van der Waals surface area contributed by atoms with E-state index >= 15 is 0 Å². The molecule has 0 bridgehead atoms. The van der Waals surface area contributed by atoms with E-state index in [0.29, 0.717) is 27.8 Å². The van der Waals surface area contributed by atoms with Crippen LogP contribution in [0.25, 0.3) is 11.3 Å². The van der Waals surface area contributed by atoms with Crippen molar-refractivity contribution in [1.29, 1.82) is 0 Å². The van der Waals surface area contributed by atoms with Crippen LogP contribution < -0.4 is 5.32 Å². The minimum absolute atomic E-state index is 0.208. The lowest BCUT2D eigenvalue weighted by Gasteiger charge is -2.04. The highest BCUT2D eigenvalue weighted by Gasteiger charge is 2.15. The Morgan fingerprint density at radius 1 is 1.03 bits per heavy atom. The van der Waals surface area contributed by atoms with Gasteiger partial charge in [0.25, 0.3) is 5.91 Å². The van der Waals surface area contributed by atoms with Crippen LogP contribution >= 0.6 is 34.8 Å². The van der Waals surface area contributed by atoms with Crippen molar-refractivity contribution in [3.63, 3.8) is 0 Å². The summed E-state index contributed by atoms with van der Waals surface area (Å²) < 4.78 is 14.6. The topological polar surface area (TPSA) is 75.6 Å². The summed E-state index contributed by atoms with van der Waals surface area (Å²) in [6, 6.07) is 12.6. The van der Waals surface area contributed by atoms with Crippen molar-refractivity contribution in [2.45, 2.75) is 6.54 Å². The highest BCUT2D eigenvalue weighted by Crippen LogP contribution is 2.25. The lowest BCUT2D eigenvalue weighted by Crippen LogP contribution is -2.13. The van der Waals surface area contributed by atoms with Gasteiger partial charge in [-0.25, -0.2) is 4.39 Å². The SMILES string of the molecule is O=C(Nc1nn(Cc2ccc(Cl)c(Cl)c2)cc1Cl)c1cc(-c2ccc(F)cc2)n[nH]1. The average Bonchev–Trinajstić information content (AvgIpc) is 3.33. The molecular formula is C20H13Cl3FN5O. The number of aromatic nitrogens is 4. The van der Waals surface area contributed by atoms with Crippen molar-refractivity contribution in [3.8, 4) is 11.3 Å². The van der Waals surface area contributed by atoms with Crippen molar-refractivity contribution >= 4 is 46.5 Å². The van der Waals surface area contributed by atoms with Crippen LogP contribution in [0.3, 0.4) is 0 Å². The van der Waals surface area contributed by atoms with E-state index in [9.17, 15) is 9.18 Å². The Bertz CT molecular complexity index is 1220. The Balaban J connectivity index is 1.47. The van der Waals surface area contributed by atoms with Gasteiger partial charge < -0.3 is 5.32 Å². The van der Waals surface area contributed by atoms with Crippen molar-refractivity contribution in [3.05, 3.63) is 86.9 Å². The zero-order valence-electron chi connectivity index (χ0n) is 15.2. The summed E-state index contributed by atoms with van der Waals surface area (Å²) in [5.74, 6) is -0.601. The van der Waals surface area contributed by atoms with E-state index in [1.54, 1.807) is 41.2 Å². The molecule has 0 radical (unpaired) electrons. The molecule has 2 heterocycles. The smallest absolute Gasteiger partial charge is 0.274 e. The molecule has 2 aromatic carbocycles. The Kier molecular flexibility index (Phi) is 5.76. The minimum atomic E-state index is -0.461. The van der Waals surface area contributed by atoms with Gasteiger partial charge in [-0.2, -0.15) is 10.2 Å². The van der Waals surface area contributed by atoms with Gasteiger partial charge >= 0.3 is 0 Å². The van der Waals surface area contributed by atoms with Crippen molar-refractivity contribution in [2.75, 3.05) is 5.32 Å². The van der Waals surface area contributed by atoms with Gasteiger partial charge in [0.05, 0.1) is 22.3 Å². The predicted molar refractivity (Wildman–Crippen MR) is 115 cm³/mol. The number of hydrogen-bond acceptors (Lipinski definition) is 3. The van der Waals surface area contributed by atoms with Crippen molar-refractivity contribution < 1.29 is 9.18 Å². The van der Waals surface area contributed by atoms with Gasteiger partial charge in [0, 0.05) is 11.8 Å². The van der Waals surface area contributed by atoms with Crippen LogP contribution in [0.1, 0.15) is 16.1 Å². The Labute approximate surface area is 185 Å². The number of halogens is 4. The maximum Gasteiger partial charge on any atom is 0.274 e. The molecule has 152 valence electrons. The normalized spacial score (nSPS) is 10.9. The zero-order chi connectivity index (χ0) is 21.3. The number of benzene rings is 2. The monoisotopic (exact) mass is 463 g/mol. The molecule has 30 heavy (non-hydrogen) atoms. The predicted octanol–water partition coefficient (Wildman–Crippen LogP) is 5.67. The molecule has 4 rings (SSSR count). The molecule has 6 nitrogen and oxygen atoms in total. The van der Waals surface area contributed by atoms with Gasteiger partial charge in [-0.1, -0.05) is 40.9 Å². The van der Waals surface area contributed by atoms with Gasteiger partial charge in [0.1, 0.15) is 16.5 Å². The lowest BCUT2D eigenvalue weighted by atomic mass is 10.1. The fraction of sp³-hybridized carbons (Fsp3) is 0.0500. The third-order valence-corrected chi connectivity index (χ3v) is 5.26. The second-order valence-corrected chi connectivity index (χ2v) is 7.62. The van der Waals surface area contributed by atoms with Crippen molar-refractivity contribution in [1.82, 2.24) is 20.0 Å². The van der Waals surface area contributed by atoms with Crippen molar-refractivity contribution in [2.24, 2.45) is 0 Å². The molecule has 0 aliphatic rings. The van der Waals surface area contributed by atoms with Gasteiger partial charge in [-0.15, -0.1) is 0 Å². The number of hydrogen-bond donors (Lipinski definition) is 2. The number of nitrogens with zero attached hydrogens (tertiary/aromatic N) is 3. The number of anilines is 1. The number of amides is 1. The van der Waals surface area contributed by atoms with E-state index in [2.05, 4.69) is 20.6 Å². The first-order valence-electron chi connectivity index (χ1n) is 8.68. The summed E-state index contributed by atoms with van der Waals surface area (Å²) in [4.78, 5) is 12.5. The molecular weight excluding hydrogens is 452 g/mol. The zero-order valence-corrected chi connectivity index (χ0v) is 17.4. The van der Waals surface area contributed by atoms with Crippen LogP contribution in [0, 0.1) is 5.82 Å². The second-order valence-electron chi connectivity index (χ2n) is 6.40. The third-order valence-electron chi connectivity index (χ3n) is 4.24. The lowest BCUT2D eigenvalue weighted by molar-refractivity contribution is 0.102. The fourth-order valence-electron chi connectivity index (χ4n) is 2.77. The molecule has 2 aromatic heterocycles. The Morgan fingerprint density at radius 2 is 1.80 bits per heavy atom. The number of carbonyl (C=O) groups is 1. The molecule has 0 aliphatic heterocycles. The first-order chi connectivity index (χ1) is 14.4. The van der Waals surface area contributed by atoms with Gasteiger partial charge in [0.2, 0.25) is 0 Å². The molecule has 0 aliphatic carbocycles.